The first-order valence-corrected chi connectivity index (χ1v) is 11.8. The van der Waals surface area contributed by atoms with E-state index in [1.165, 1.54) is 11.1 Å². The Morgan fingerprint density at radius 3 is 2.63 bits per heavy atom. The number of aryl methyl sites for hydroxylation is 1. The highest BCUT2D eigenvalue weighted by Gasteiger charge is 2.61. The van der Waals surface area contributed by atoms with Crippen LogP contribution in [0.2, 0.25) is 0 Å². The summed E-state index contributed by atoms with van der Waals surface area (Å²) in [5.74, 6) is 1.55. The SMILES string of the molecule is C[C@]12CCC3c4ccc([N+](=O)[O-])cc4CCC3C1CC[C@@]2(O)Cc1ccc(Br)cc1. The highest BCUT2D eigenvalue weighted by atomic mass is 79.9. The maximum Gasteiger partial charge on any atom is 0.269 e. The van der Waals surface area contributed by atoms with E-state index < -0.39 is 5.60 Å². The van der Waals surface area contributed by atoms with Crippen molar-refractivity contribution in [3.05, 3.63) is 73.7 Å². The van der Waals surface area contributed by atoms with Crippen molar-refractivity contribution < 1.29 is 10.0 Å². The molecule has 5 atom stereocenters. The van der Waals surface area contributed by atoms with E-state index in [2.05, 4.69) is 47.1 Å². The van der Waals surface area contributed by atoms with Crippen molar-refractivity contribution in [1.82, 2.24) is 0 Å². The summed E-state index contributed by atoms with van der Waals surface area (Å²) in [5.41, 5.74) is 3.16. The lowest BCUT2D eigenvalue weighted by atomic mass is 9.53. The molecule has 2 aromatic carbocycles. The summed E-state index contributed by atoms with van der Waals surface area (Å²) in [6, 6.07) is 13.8. The van der Waals surface area contributed by atoms with Crippen molar-refractivity contribution in [3.8, 4) is 0 Å². The molecule has 0 heterocycles. The van der Waals surface area contributed by atoms with Crippen molar-refractivity contribution in [2.24, 2.45) is 17.3 Å². The standard InChI is InChI=1S/C25H28BrNO3/c1-24-12-10-21-20-9-7-19(27(29)30)14-17(20)4-8-22(21)23(24)11-13-25(24,28)15-16-2-5-18(26)6-3-16/h2-3,5-7,9,14,21-23,28H,4,8,10-13,15H2,1H3/t21?,22?,23?,24-,25+/m0/s1. The van der Waals surface area contributed by atoms with Crippen LogP contribution in [-0.4, -0.2) is 15.6 Å². The number of aliphatic hydroxyl groups is 1. The van der Waals surface area contributed by atoms with Crippen LogP contribution in [-0.2, 0) is 12.8 Å². The Morgan fingerprint density at radius 1 is 1.13 bits per heavy atom. The third-order valence-corrected chi connectivity index (χ3v) is 9.18. The van der Waals surface area contributed by atoms with Gasteiger partial charge in [-0.1, -0.05) is 41.1 Å². The van der Waals surface area contributed by atoms with Crippen LogP contribution in [0.25, 0.3) is 0 Å². The second-order valence-electron chi connectivity index (χ2n) is 9.89. The van der Waals surface area contributed by atoms with Gasteiger partial charge in [0.1, 0.15) is 0 Å². The lowest BCUT2D eigenvalue weighted by Gasteiger charge is -2.53. The van der Waals surface area contributed by atoms with Crippen LogP contribution in [0.3, 0.4) is 0 Å². The number of benzene rings is 2. The van der Waals surface area contributed by atoms with Gasteiger partial charge in [0.25, 0.3) is 5.69 Å². The number of fused-ring (bicyclic) bond motifs is 5. The van der Waals surface area contributed by atoms with Gasteiger partial charge in [-0.2, -0.15) is 0 Å². The lowest BCUT2D eigenvalue weighted by Crippen LogP contribution is -2.51. The molecule has 0 spiro atoms. The fraction of sp³-hybridized carbons (Fsp3) is 0.520. The van der Waals surface area contributed by atoms with Gasteiger partial charge in [-0.3, -0.25) is 10.1 Å². The molecule has 3 aliphatic carbocycles. The number of nitro groups is 1. The Morgan fingerprint density at radius 2 is 1.90 bits per heavy atom. The van der Waals surface area contributed by atoms with Crippen LogP contribution in [0.5, 0.6) is 0 Å². The van der Waals surface area contributed by atoms with Gasteiger partial charge in [-0.15, -0.1) is 0 Å². The molecule has 0 aromatic heterocycles. The Bertz CT molecular complexity index is 990. The monoisotopic (exact) mass is 469 g/mol. The second kappa shape index (κ2) is 7.16. The first-order chi connectivity index (χ1) is 14.3. The highest BCUT2D eigenvalue weighted by molar-refractivity contribution is 9.10. The number of nitro benzene ring substituents is 1. The zero-order chi connectivity index (χ0) is 21.1. The number of halogens is 1. The number of rotatable bonds is 3. The summed E-state index contributed by atoms with van der Waals surface area (Å²) >= 11 is 3.50. The molecule has 0 amide bonds. The van der Waals surface area contributed by atoms with Crippen LogP contribution < -0.4 is 0 Å². The molecule has 4 nitrogen and oxygen atoms in total. The predicted molar refractivity (Wildman–Crippen MR) is 121 cm³/mol. The average molecular weight is 470 g/mol. The van der Waals surface area contributed by atoms with Crippen LogP contribution in [0.4, 0.5) is 5.69 Å². The molecule has 0 aliphatic heterocycles. The number of hydrogen-bond acceptors (Lipinski definition) is 3. The molecule has 2 fully saturated rings. The van der Waals surface area contributed by atoms with Crippen LogP contribution in [0.15, 0.2) is 46.9 Å². The van der Waals surface area contributed by atoms with Gasteiger partial charge in [-0.25, -0.2) is 0 Å². The molecule has 2 aromatic rings. The van der Waals surface area contributed by atoms with E-state index in [0.29, 0.717) is 24.2 Å². The summed E-state index contributed by atoms with van der Waals surface area (Å²) in [4.78, 5) is 10.9. The predicted octanol–water partition coefficient (Wildman–Crippen LogP) is 6.19. The molecule has 0 radical (unpaired) electrons. The Balaban J connectivity index is 1.42. The van der Waals surface area contributed by atoms with Gasteiger partial charge in [0, 0.05) is 23.0 Å². The van der Waals surface area contributed by atoms with Crippen molar-refractivity contribution in [3.63, 3.8) is 0 Å². The first kappa shape index (κ1) is 20.2. The second-order valence-corrected chi connectivity index (χ2v) is 10.8. The molecular formula is C25H28BrNO3. The van der Waals surface area contributed by atoms with E-state index in [4.69, 9.17) is 0 Å². The first-order valence-electron chi connectivity index (χ1n) is 11.0. The van der Waals surface area contributed by atoms with Gasteiger partial charge in [0.15, 0.2) is 0 Å². The maximum atomic E-state index is 11.9. The molecule has 2 saturated carbocycles. The van der Waals surface area contributed by atoms with E-state index >= 15 is 0 Å². The fourth-order valence-corrected chi connectivity index (χ4v) is 7.29. The summed E-state index contributed by atoms with van der Waals surface area (Å²) < 4.78 is 1.07. The van der Waals surface area contributed by atoms with Gasteiger partial charge < -0.3 is 5.11 Å². The van der Waals surface area contributed by atoms with Gasteiger partial charge in [-0.05, 0) is 90.5 Å². The molecule has 0 saturated heterocycles. The minimum absolute atomic E-state index is 0.0699. The number of non-ortho nitro benzene ring substituents is 1. The maximum absolute atomic E-state index is 11.9. The molecule has 3 aliphatic rings. The molecule has 3 unspecified atom stereocenters. The van der Waals surface area contributed by atoms with Gasteiger partial charge >= 0.3 is 0 Å². The lowest BCUT2D eigenvalue weighted by molar-refractivity contribution is -0.384. The molecule has 5 heteroatoms. The van der Waals surface area contributed by atoms with Crippen molar-refractivity contribution in [1.29, 1.82) is 0 Å². The molecule has 30 heavy (non-hydrogen) atoms. The molecule has 158 valence electrons. The zero-order valence-corrected chi connectivity index (χ0v) is 18.9. The molecule has 1 N–H and O–H groups in total. The minimum Gasteiger partial charge on any atom is -0.389 e. The number of nitrogens with zero attached hydrogens (tertiary/aromatic N) is 1. The van der Waals surface area contributed by atoms with Crippen LogP contribution >= 0.6 is 15.9 Å². The number of hydrogen-bond donors (Lipinski definition) is 1. The largest absolute Gasteiger partial charge is 0.389 e. The highest BCUT2D eigenvalue weighted by Crippen LogP contribution is 2.64. The third-order valence-electron chi connectivity index (χ3n) is 8.65. The van der Waals surface area contributed by atoms with Crippen LogP contribution in [0, 0.1) is 27.4 Å². The molecule has 5 rings (SSSR count). The van der Waals surface area contributed by atoms with Crippen molar-refractivity contribution >= 4 is 21.6 Å². The zero-order valence-electron chi connectivity index (χ0n) is 17.3. The van der Waals surface area contributed by atoms with E-state index in [1.54, 1.807) is 12.1 Å². The summed E-state index contributed by atoms with van der Waals surface area (Å²) in [7, 11) is 0. The van der Waals surface area contributed by atoms with Crippen LogP contribution in [0.1, 0.15) is 61.6 Å². The van der Waals surface area contributed by atoms with Crippen molar-refractivity contribution in [2.75, 3.05) is 0 Å². The van der Waals surface area contributed by atoms with Crippen molar-refractivity contribution in [2.45, 2.75) is 63.4 Å². The Hall–Kier alpha value is -1.72. The molecular weight excluding hydrogens is 442 g/mol. The van der Waals surface area contributed by atoms with E-state index in [-0.39, 0.29) is 16.0 Å². The van der Waals surface area contributed by atoms with E-state index in [0.717, 1.165) is 48.6 Å². The fourth-order valence-electron chi connectivity index (χ4n) is 7.02. The summed E-state index contributed by atoms with van der Waals surface area (Å²) in [6.07, 6.45) is 6.72. The Labute approximate surface area is 186 Å². The third kappa shape index (κ3) is 3.04. The topological polar surface area (TPSA) is 63.4 Å². The summed E-state index contributed by atoms with van der Waals surface area (Å²) in [6.45, 7) is 2.32. The summed E-state index contributed by atoms with van der Waals surface area (Å²) in [5, 5.41) is 23.0. The van der Waals surface area contributed by atoms with Gasteiger partial charge in [0.05, 0.1) is 10.5 Å². The minimum atomic E-state index is -0.660. The molecule has 0 bridgehead atoms. The van der Waals surface area contributed by atoms with E-state index in [9.17, 15) is 15.2 Å². The van der Waals surface area contributed by atoms with Gasteiger partial charge in [0.2, 0.25) is 0 Å². The quantitative estimate of drug-likeness (QED) is 0.430. The Kier molecular flexibility index (Phi) is 4.82. The average Bonchev–Trinajstić information content (AvgIpc) is 3.00. The normalized spacial score (nSPS) is 34.7. The smallest absolute Gasteiger partial charge is 0.269 e. The van der Waals surface area contributed by atoms with E-state index in [1.807, 2.05) is 6.07 Å².